The number of fused-ring (bicyclic) bond motifs is 1. The number of anilines is 2. The number of rotatable bonds is 5. The van der Waals surface area contributed by atoms with E-state index in [-0.39, 0.29) is 12.1 Å². The standard InChI is InChI=1S/C28H33N3O3S/c1-7-31-23-11-9-20(13-22(23)19(4)15-28(31,5)6)14-24-26(33)30(27(34)35-24)16-25(32)29-21-10-8-17(2)18(3)12-21/h8-14,19H,7,15-16H2,1-6H3,(H,29,32)/b24-14-/t19-/m0/s1. The van der Waals surface area contributed by atoms with E-state index >= 15 is 0 Å². The predicted octanol–water partition coefficient (Wildman–Crippen LogP) is 6.09. The van der Waals surface area contributed by atoms with Crippen LogP contribution in [0.4, 0.5) is 16.2 Å². The van der Waals surface area contributed by atoms with Gasteiger partial charge in [0.25, 0.3) is 11.1 Å². The maximum atomic E-state index is 13.0. The van der Waals surface area contributed by atoms with Gasteiger partial charge in [-0.1, -0.05) is 19.1 Å². The van der Waals surface area contributed by atoms with Crippen LogP contribution in [0.2, 0.25) is 0 Å². The molecule has 1 fully saturated rings. The quantitative estimate of drug-likeness (QED) is 0.513. The van der Waals surface area contributed by atoms with Gasteiger partial charge in [-0.05, 0) is 111 Å². The average molecular weight is 492 g/mol. The second kappa shape index (κ2) is 9.53. The summed E-state index contributed by atoms with van der Waals surface area (Å²) in [6.45, 7) is 13.5. The molecule has 0 unspecified atom stereocenters. The van der Waals surface area contributed by atoms with Gasteiger partial charge < -0.3 is 10.2 Å². The van der Waals surface area contributed by atoms with Gasteiger partial charge in [0.05, 0.1) is 4.91 Å². The highest BCUT2D eigenvalue weighted by Gasteiger charge is 2.37. The third-order valence-electron chi connectivity index (χ3n) is 6.99. The number of thioether (sulfide) groups is 1. The van der Waals surface area contributed by atoms with E-state index in [1.165, 1.54) is 11.3 Å². The Morgan fingerprint density at radius 3 is 2.57 bits per heavy atom. The van der Waals surface area contributed by atoms with Gasteiger partial charge in [-0.3, -0.25) is 19.3 Å². The summed E-state index contributed by atoms with van der Waals surface area (Å²) >= 11 is 0.880. The average Bonchev–Trinajstić information content (AvgIpc) is 3.03. The molecule has 6 nitrogen and oxygen atoms in total. The highest BCUT2D eigenvalue weighted by molar-refractivity contribution is 8.18. The number of imide groups is 1. The first kappa shape index (κ1) is 25.0. The van der Waals surface area contributed by atoms with Gasteiger partial charge >= 0.3 is 0 Å². The third kappa shape index (κ3) is 5.01. The van der Waals surface area contributed by atoms with Gasteiger partial charge in [0.2, 0.25) is 5.91 Å². The van der Waals surface area contributed by atoms with Gasteiger partial charge in [-0.2, -0.15) is 0 Å². The van der Waals surface area contributed by atoms with E-state index in [9.17, 15) is 14.4 Å². The largest absolute Gasteiger partial charge is 0.366 e. The lowest BCUT2D eigenvalue weighted by molar-refractivity contribution is -0.127. The van der Waals surface area contributed by atoms with E-state index < -0.39 is 17.1 Å². The lowest BCUT2D eigenvalue weighted by Gasteiger charge is -2.47. The normalized spacial score (nSPS) is 20.4. The molecule has 0 bridgehead atoms. The van der Waals surface area contributed by atoms with Gasteiger partial charge in [0, 0.05) is 23.5 Å². The smallest absolute Gasteiger partial charge is 0.294 e. The summed E-state index contributed by atoms with van der Waals surface area (Å²) in [6, 6.07) is 11.8. The van der Waals surface area contributed by atoms with Crippen molar-refractivity contribution in [1.82, 2.24) is 4.90 Å². The zero-order valence-corrected chi connectivity index (χ0v) is 22.1. The maximum absolute atomic E-state index is 13.0. The molecule has 0 spiro atoms. The van der Waals surface area contributed by atoms with Crippen molar-refractivity contribution in [2.75, 3.05) is 23.3 Å². The number of hydrogen-bond acceptors (Lipinski definition) is 5. The van der Waals surface area contributed by atoms with Crippen molar-refractivity contribution in [2.24, 2.45) is 0 Å². The van der Waals surface area contributed by atoms with Crippen LogP contribution in [0.5, 0.6) is 0 Å². The summed E-state index contributed by atoms with van der Waals surface area (Å²) in [5.74, 6) is -0.445. The second-order valence-corrected chi connectivity index (χ2v) is 11.1. The molecule has 0 saturated carbocycles. The van der Waals surface area contributed by atoms with Crippen LogP contribution in [-0.2, 0) is 9.59 Å². The van der Waals surface area contributed by atoms with Crippen molar-refractivity contribution in [3.8, 4) is 0 Å². The zero-order valence-electron chi connectivity index (χ0n) is 21.3. The zero-order chi connectivity index (χ0) is 25.5. The molecule has 35 heavy (non-hydrogen) atoms. The second-order valence-electron chi connectivity index (χ2n) is 10.1. The molecule has 1 N–H and O–H groups in total. The first-order valence-electron chi connectivity index (χ1n) is 12.0. The van der Waals surface area contributed by atoms with E-state index in [1.54, 1.807) is 6.08 Å². The van der Waals surface area contributed by atoms with Crippen molar-refractivity contribution in [2.45, 2.75) is 59.4 Å². The highest BCUT2D eigenvalue weighted by Crippen LogP contribution is 2.44. The number of nitrogens with zero attached hydrogens (tertiary/aromatic N) is 2. The van der Waals surface area contributed by atoms with Crippen molar-refractivity contribution >= 4 is 46.3 Å². The molecule has 3 amide bonds. The Morgan fingerprint density at radius 1 is 1.14 bits per heavy atom. The summed E-state index contributed by atoms with van der Waals surface area (Å²) in [6.07, 6.45) is 2.80. The van der Waals surface area contributed by atoms with Gasteiger partial charge in [0.1, 0.15) is 6.54 Å². The minimum absolute atomic E-state index is 0.0865. The lowest BCUT2D eigenvalue weighted by atomic mass is 9.79. The van der Waals surface area contributed by atoms with Crippen LogP contribution in [0.3, 0.4) is 0 Å². The van der Waals surface area contributed by atoms with Gasteiger partial charge in [-0.15, -0.1) is 0 Å². The highest BCUT2D eigenvalue weighted by atomic mass is 32.2. The number of benzene rings is 2. The first-order chi connectivity index (χ1) is 16.5. The number of nitrogens with one attached hydrogen (secondary N) is 1. The minimum atomic E-state index is -0.433. The summed E-state index contributed by atoms with van der Waals surface area (Å²) < 4.78 is 0. The van der Waals surface area contributed by atoms with E-state index in [2.05, 4.69) is 50.0 Å². The van der Waals surface area contributed by atoms with E-state index in [4.69, 9.17) is 0 Å². The molecule has 2 aromatic rings. The molecule has 1 atom stereocenters. The number of carbonyl (C=O) groups excluding carboxylic acids is 3. The monoisotopic (exact) mass is 491 g/mol. The Hall–Kier alpha value is -3.06. The molecule has 2 aliphatic rings. The van der Waals surface area contributed by atoms with Gasteiger partial charge in [-0.25, -0.2) is 0 Å². The van der Waals surface area contributed by atoms with Crippen molar-refractivity contribution in [3.63, 3.8) is 0 Å². The van der Waals surface area contributed by atoms with Crippen LogP contribution >= 0.6 is 11.8 Å². The van der Waals surface area contributed by atoms with Crippen molar-refractivity contribution in [1.29, 1.82) is 0 Å². The molecule has 0 radical (unpaired) electrons. The topological polar surface area (TPSA) is 69.7 Å². The Labute approximate surface area is 211 Å². The van der Waals surface area contributed by atoms with E-state index in [1.807, 2.05) is 38.1 Å². The molecule has 1 saturated heterocycles. The molecule has 7 heteroatoms. The molecular weight excluding hydrogens is 458 g/mol. The summed E-state index contributed by atoms with van der Waals surface area (Å²) in [5, 5.41) is 2.35. The molecule has 0 aromatic heterocycles. The fourth-order valence-electron chi connectivity index (χ4n) is 5.15. The SMILES string of the molecule is CCN1c2ccc(/C=C3\SC(=O)N(CC(=O)Nc4ccc(C)c(C)c4)C3=O)cc2[C@@H](C)CC1(C)C. The molecular formula is C28H33N3O3S. The molecule has 2 aliphatic heterocycles. The Morgan fingerprint density at radius 2 is 1.89 bits per heavy atom. The molecule has 2 heterocycles. The fourth-order valence-corrected chi connectivity index (χ4v) is 5.99. The van der Waals surface area contributed by atoms with Crippen LogP contribution in [0.15, 0.2) is 41.3 Å². The molecule has 0 aliphatic carbocycles. The Balaban J connectivity index is 1.50. The van der Waals surface area contributed by atoms with Crippen LogP contribution < -0.4 is 10.2 Å². The molecule has 4 rings (SSSR count). The Kier molecular flexibility index (Phi) is 6.82. The minimum Gasteiger partial charge on any atom is -0.366 e. The van der Waals surface area contributed by atoms with Crippen molar-refractivity contribution in [3.05, 3.63) is 63.6 Å². The summed E-state index contributed by atoms with van der Waals surface area (Å²) in [5.41, 5.74) is 6.29. The number of hydrogen-bond donors (Lipinski definition) is 1. The van der Waals surface area contributed by atoms with E-state index in [0.29, 0.717) is 16.5 Å². The van der Waals surface area contributed by atoms with Crippen LogP contribution in [-0.4, -0.2) is 40.6 Å². The fraction of sp³-hybridized carbons (Fsp3) is 0.393. The predicted molar refractivity (Wildman–Crippen MR) is 144 cm³/mol. The van der Waals surface area contributed by atoms with Gasteiger partial charge in [0.15, 0.2) is 0 Å². The van der Waals surface area contributed by atoms with E-state index in [0.717, 1.165) is 46.3 Å². The number of carbonyl (C=O) groups is 3. The van der Waals surface area contributed by atoms with Crippen molar-refractivity contribution < 1.29 is 14.4 Å². The maximum Gasteiger partial charge on any atom is 0.294 e. The lowest BCUT2D eigenvalue weighted by Crippen LogP contribution is -2.48. The summed E-state index contributed by atoms with van der Waals surface area (Å²) in [4.78, 5) is 41.8. The third-order valence-corrected chi connectivity index (χ3v) is 7.90. The first-order valence-corrected chi connectivity index (χ1v) is 12.9. The summed E-state index contributed by atoms with van der Waals surface area (Å²) in [7, 11) is 0. The number of aryl methyl sites for hydroxylation is 2. The molecule has 184 valence electrons. The van der Waals surface area contributed by atoms with Crippen LogP contribution in [0.1, 0.15) is 62.3 Å². The Bertz CT molecular complexity index is 1230. The number of amides is 3. The van der Waals surface area contributed by atoms with Crippen LogP contribution in [0, 0.1) is 13.8 Å². The van der Waals surface area contributed by atoms with Crippen LogP contribution in [0.25, 0.3) is 6.08 Å². The molecule has 2 aromatic carbocycles.